The summed E-state index contributed by atoms with van der Waals surface area (Å²) in [5.74, 6) is 0. The van der Waals surface area contributed by atoms with Crippen molar-refractivity contribution in [2.45, 2.75) is 0 Å². The Kier molecular flexibility index (Phi) is 104. The third kappa shape index (κ3) is 9.08. The summed E-state index contributed by atoms with van der Waals surface area (Å²) < 4.78 is 0. The van der Waals surface area contributed by atoms with Crippen LogP contribution in [0.2, 0.25) is 0 Å². The molecule has 0 bridgehead atoms. The minimum absolute atomic E-state index is 0. The topological polar surface area (TPSA) is 0 Å². The van der Waals surface area contributed by atoms with E-state index < -0.39 is 0 Å². The standard InChI is InChI=1S/Ca.Co.Fe.La.2H/q+2;;;;2*-1. The Morgan fingerprint density at radius 3 is 1.25 bits per heavy atom. The van der Waals surface area contributed by atoms with Crippen molar-refractivity contribution in [2.75, 3.05) is 0 Å². The van der Waals surface area contributed by atoms with Gasteiger partial charge >= 0.3 is 37.7 Å². The van der Waals surface area contributed by atoms with Gasteiger partial charge in [-0.2, -0.15) is 0 Å². The summed E-state index contributed by atoms with van der Waals surface area (Å²) in [5.41, 5.74) is 0. The van der Waals surface area contributed by atoms with E-state index in [9.17, 15) is 0 Å². The van der Waals surface area contributed by atoms with Crippen LogP contribution in [0, 0.1) is 35.6 Å². The minimum atomic E-state index is 0. The smallest absolute Gasteiger partial charge is 1.00 e. The normalized spacial score (nSPS) is 0. The maximum atomic E-state index is 0. The van der Waals surface area contributed by atoms with Crippen LogP contribution in [-0.4, -0.2) is 37.7 Å². The zero-order valence-electron chi connectivity index (χ0n) is 3.97. The zero-order valence-corrected chi connectivity index (χ0v) is 9.95. The van der Waals surface area contributed by atoms with Crippen LogP contribution < -0.4 is 0 Å². The molecule has 0 nitrogen and oxygen atoms in total. The fourth-order valence-electron chi connectivity index (χ4n) is 0. The third-order valence-electron chi connectivity index (χ3n) is 0. The van der Waals surface area contributed by atoms with Gasteiger partial charge in [0.2, 0.25) is 0 Å². The summed E-state index contributed by atoms with van der Waals surface area (Å²) in [6.45, 7) is 0. The Bertz CT molecular complexity index is 13.5. The Morgan fingerprint density at radius 1 is 1.25 bits per heavy atom. The molecule has 0 rings (SSSR count). The Balaban J connectivity index is 0. The quantitative estimate of drug-likeness (QED) is 0.545. The molecule has 4 heavy (non-hydrogen) atoms. The molecule has 0 aromatic heterocycles. The van der Waals surface area contributed by atoms with Crippen molar-refractivity contribution in [3.05, 3.63) is 0 Å². The molecule has 0 unspecified atom stereocenters. The van der Waals surface area contributed by atoms with Gasteiger partial charge in [0.15, 0.2) is 0 Å². The van der Waals surface area contributed by atoms with E-state index in [1.807, 2.05) is 0 Å². The summed E-state index contributed by atoms with van der Waals surface area (Å²) in [6.07, 6.45) is 0. The van der Waals surface area contributed by atoms with Crippen LogP contribution in [0.15, 0.2) is 0 Å². The van der Waals surface area contributed by atoms with Gasteiger partial charge in [0.25, 0.3) is 0 Å². The molecule has 0 saturated carbocycles. The van der Waals surface area contributed by atoms with E-state index >= 15 is 0 Å². The second-order valence-corrected chi connectivity index (χ2v) is 0. The van der Waals surface area contributed by atoms with E-state index in [2.05, 4.69) is 0 Å². The van der Waals surface area contributed by atoms with Gasteiger partial charge in [-0.25, -0.2) is 0 Å². The molecule has 0 atom stereocenters. The first-order valence-electron chi connectivity index (χ1n) is 0. The molecule has 4 heteroatoms. The monoisotopic (exact) mass is 296 g/mol. The molecular weight excluding hydrogens is 294 g/mol. The number of hydrogen-bond acceptors (Lipinski definition) is 0. The van der Waals surface area contributed by atoms with Crippen molar-refractivity contribution in [3.8, 4) is 0 Å². The fourth-order valence-corrected chi connectivity index (χ4v) is 0. The first-order chi connectivity index (χ1) is 0. The van der Waals surface area contributed by atoms with E-state index in [-0.39, 0.29) is 110 Å². The first-order valence-corrected chi connectivity index (χ1v) is 0. The summed E-state index contributed by atoms with van der Waals surface area (Å²) in [6, 6.07) is 0. The maximum absolute atomic E-state index is 0. The average Bonchev–Trinajstić information content (AvgIpc) is 0. The van der Waals surface area contributed by atoms with Crippen LogP contribution in [-0.2, 0) is 33.8 Å². The van der Waals surface area contributed by atoms with Crippen molar-refractivity contribution < 1.29 is 72.3 Å². The second kappa shape index (κ2) is 16.1. The molecule has 24 valence electrons. The Morgan fingerprint density at radius 2 is 1.25 bits per heavy atom. The molecule has 0 aliphatic rings. The molecule has 0 spiro atoms. The summed E-state index contributed by atoms with van der Waals surface area (Å²) in [5, 5.41) is 0. The van der Waals surface area contributed by atoms with Gasteiger partial charge in [-0.3, -0.25) is 0 Å². The Labute approximate surface area is 107 Å². The van der Waals surface area contributed by atoms with Crippen molar-refractivity contribution in [1.82, 2.24) is 0 Å². The second-order valence-electron chi connectivity index (χ2n) is 0. The zero-order chi connectivity index (χ0) is 0. The average molecular weight is 296 g/mol. The van der Waals surface area contributed by atoms with Crippen molar-refractivity contribution in [1.29, 1.82) is 0 Å². The maximum Gasteiger partial charge on any atom is 2.00 e. The van der Waals surface area contributed by atoms with Gasteiger partial charge in [-0.1, -0.05) is 0 Å². The van der Waals surface area contributed by atoms with Crippen molar-refractivity contribution in [3.63, 3.8) is 0 Å². The largest absolute Gasteiger partial charge is 2.00 e. The molecule has 0 aliphatic heterocycles. The molecule has 0 N–H and O–H groups in total. The van der Waals surface area contributed by atoms with Crippen LogP contribution in [0.3, 0.4) is 0 Å². The molecular formula is H2CaCoFeLa. The van der Waals surface area contributed by atoms with E-state index in [0.29, 0.717) is 0 Å². The van der Waals surface area contributed by atoms with Gasteiger partial charge in [0.05, 0.1) is 0 Å². The van der Waals surface area contributed by atoms with Crippen LogP contribution in [0.25, 0.3) is 0 Å². The fraction of sp³-hybridized carbons (Fsp3) is 0. The molecule has 0 aliphatic carbocycles. The Hall–Kier alpha value is 3.48. The van der Waals surface area contributed by atoms with Crippen LogP contribution in [0.1, 0.15) is 2.85 Å². The van der Waals surface area contributed by atoms with E-state index in [1.165, 1.54) is 0 Å². The number of hydrogen-bond donors (Lipinski definition) is 0. The predicted molar refractivity (Wildman–Crippen MR) is 7.98 cm³/mol. The van der Waals surface area contributed by atoms with Gasteiger partial charge in [0, 0.05) is 69.4 Å². The summed E-state index contributed by atoms with van der Waals surface area (Å²) in [4.78, 5) is 0. The molecule has 0 heterocycles. The van der Waals surface area contributed by atoms with Crippen LogP contribution in [0.5, 0.6) is 0 Å². The molecule has 0 aromatic carbocycles. The predicted octanol–water partition coefficient (Wildman–Crippen LogP) is -0.161. The van der Waals surface area contributed by atoms with Gasteiger partial charge < -0.3 is 2.85 Å². The molecule has 0 aromatic rings. The number of rotatable bonds is 0. The SMILES string of the molecule is [Ca+2].[Co].[Fe].[H-].[H-].[La]. The van der Waals surface area contributed by atoms with Crippen molar-refractivity contribution >= 4 is 37.7 Å². The summed E-state index contributed by atoms with van der Waals surface area (Å²) >= 11 is 0. The first kappa shape index (κ1) is 25.9. The minimum Gasteiger partial charge on any atom is -1.00 e. The summed E-state index contributed by atoms with van der Waals surface area (Å²) in [7, 11) is 0. The molecule has 0 amide bonds. The van der Waals surface area contributed by atoms with Crippen LogP contribution >= 0.6 is 0 Å². The van der Waals surface area contributed by atoms with Gasteiger partial charge in [-0.05, 0) is 0 Å². The molecule has 0 saturated heterocycles. The van der Waals surface area contributed by atoms with Gasteiger partial charge in [-0.15, -0.1) is 0 Å². The van der Waals surface area contributed by atoms with E-state index in [0.717, 1.165) is 0 Å². The molecule has 2 radical (unpaired) electrons. The van der Waals surface area contributed by atoms with E-state index in [1.54, 1.807) is 0 Å². The van der Waals surface area contributed by atoms with Crippen LogP contribution in [0.4, 0.5) is 0 Å². The van der Waals surface area contributed by atoms with E-state index in [4.69, 9.17) is 0 Å². The van der Waals surface area contributed by atoms with Crippen molar-refractivity contribution in [2.24, 2.45) is 0 Å². The third-order valence-corrected chi connectivity index (χ3v) is 0. The molecule has 0 fully saturated rings. The van der Waals surface area contributed by atoms with Gasteiger partial charge in [0.1, 0.15) is 0 Å².